The summed E-state index contributed by atoms with van der Waals surface area (Å²) in [5.41, 5.74) is 0.769. The zero-order chi connectivity index (χ0) is 13.0. The first kappa shape index (κ1) is 12.6. The Labute approximate surface area is 110 Å². The zero-order valence-corrected chi connectivity index (χ0v) is 11.0. The molecule has 96 valence electrons. The minimum atomic E-state index is 0.558. The molecule has 1 N–H and O–H groups in total. The van der Waals surface area contributed by atoms with Crippen molar-refractivity contribution in [1.82, 2.24) is 0 Å². The highest BCUT2D eigenvalue weighted by Gasteiger charge is 2.09. The number of methoxy groups -OCH3 is 2. The van der Waals surface area contributed by atoms with Gasteiger partial charge in [0.1, 0.15) is 5.76 Å². The molecule has 0 saturated carbocycles. The lowest BCUT2D eigenvalue weighted by Gasteiger charge is -2.12. The molecule has 0 aliphatic carbocycles. The van der Waals surface area contributed by atoms with Crippen LogP contribution in [0.25, 0.3) is 0 Å². The Kier molecular flexibility index (Phi) is 3.99. The Morgan fingerprint density at radius 1 is 1.22 bits per heavy atom. The lowest BCUT2D eigenvalue weighted by molar-refractivity contribution is 0.355. The molecule has 0 aliphatic heterocycles. The molecule has 2 rings (SSSR count). The Morgan fingerprint density at radius 3 is 2.56 bits per heavy atom. The molecule has 0 atom stereocenters. The van der Waals surface area contributed by atoms with Gasteiger partial charge in [-0.25, -0.2) is 0 Å². The van der Waals surface area contributed by atoms with Crippen LogP contribution in [0, 0.1) is 0 Å². The molecule has 0 amide bonds. The molecule has 0 unspecified atom stereocenters. The van der Waals surface area contributed by atoms with Crippen molar-refractivity contribution in [2.75, 3.05) is 19.5 Å². The van der Waals surface area contributed by atoms with Crippen LogP contribution in [0.2, 0.25) is 5.02 Å². The Balaban J connectivity index is 2.17. The highest BCUT2D eigenvalue weighted by molar-refractivity contribution is 6.33. The van der Waals surface area contributed by atoms with Gasteiger partial charge in [-0.05, 0) is 12.1 Å². The van der Waals surface area contributed by atoms with E-state index in [-0.39, 0.29) is 0 Å². The number of rotatable bonds is 5. The standard InChI is InChI=1S/C13H14ClNO3/c1-16-12-6-10(14)11(7-13(12)17-2)15-8-9-4-3-5-18-9/h3-7,15H,8H2,1-2H3. The van der Waals surface area contributed by atoms with Gasteiger partial charge in [-0.1, -0.05) is 11.6 Å². The van der Waals surface area contributed by atoms with E-state index in [9.17, 15) is 0 Å². The summed E-state index contributed by atoms with van der Waals surface area (Å²) in [6, 6.07) is 7.24. The summed E-state index contributed by atoms with van der Waals surface area (Å²) in [7, 11) is 3.16. The SMILES string of the molecule is COc1cc(Cl)c(NCc2ccco2)cc1OC. The van der Waals surface area contributed by atoms with Gasteiger partial charge in [0.15, 0.2) is 11.5 Å². The zero-order valence-electron chi connectivity index (χ0n) is 10.2. The summed E-state index contributed by atoms with van der Waals surface area (Å²) in [6.07, 6.45) is 1.63. The molecule has 1 aromatic carbocycles. The lowest BCUT2D eigenvalue weighted by atomic mass is 10.2. The monoisotopic (exact) mass is 267 g/mol. The topological polar surface area (TPSA) is 43.6 Å². The van der Waals surface area contributed by atoms with E-state index < -0.39 is 0 Å². The minimum Gasteiger partial charge on any atom is -0.493 e. The first-order chi connectivity index (χ1) is 8.74. The fourth-order valence-corrected chi connectivity index (χ4v) is 1.81. The van der Waals surface area contributed by atoms with Gasteiger partial charge in [-0.15, -0.1) is 0 Å². The second-order valence-electron chi connectivity index (χ2n) is 3.62. The van der Waals surface area contributed by atoms with Gasteiger partial charge in [0.25, 0.3) is 0 Å². The number of ether oxygens (including phenoxy) is 2. The smallest absolute Gasteiger partial charge is 0.162 e. The molecule has 0 saturated heterocycles. The predicted molar refractivity (Wildman–Crippen MR) is 70.6 cm³/mol. The average molecular weight is 268 g/mol. The van der Waals surface area contributed by atoms with Gasteiger partial charge in [0.05, 0.1) is 37.7 Å². The van der Waals surface area contributed by atoms with Crippen LogP contribution in [0.4, 0.5) is 5.69 Å². The second kappa shape index (κ2) is 5.69. The van der Waals surface area contributed by atoms with Gasteiger partial charge in [0, 0.05) is 12.1 Å². The van der Waals surface area contributed by atoms with Crippen molar-refractivity contribution in [3.05, 3.63) is 41.3 Å². The third kappa shape index (κ3) is 2.71. The molecule has 0 aliphatic rings. The summed E-state index contributed by atoms with van der Waals surface area (Å²) >= 11 is 6.15. The van der Waals surface area contributed by atoms with Gasteiger partial charge in [-0.3, -0.25) is 0 Å². The molecule has 0 bridgehead atoms. The molecule has 0 fully saturated rings. The highest BCUT2D eigenvalue weighted by atomic mass is 35.5. The normalized spacial score (nSPS) is 10.2. The second-order valence-corrected chi connectivity index (χ2v) is 4.03. The van der Waals surface area contributed by atoms with Crippen LogP contribution in [0.3, 0.4) is 0 Å². The van der Waals surface area contributed by atoms with E-state index in [0.717, 1.165) is 11.4 Å². The predicted octanol–water partition coefficient (Wildman–Crippen LogP) is 3.56. The van der Waals surface area contributed by atoms with Crippen LogP contribution in [0.1, 0.15) is 5.76 Å². The Bertz CT molecular complexity index is 511. The number of anilines is 1. The van der Waals surface area contributed by atoms with Gasteiger partial charge >= 0.3 is 0 Å². The first-order valence-electron chi connectivity index (χ1n) is 5.42. The molecule has 18 heavy (non-hydrogen) atoms. The maximum Gasteiger partial charge on any atom is 0.162 e. The number of nitrogens with one attached hydrogen (secondary N) is 1. The van der Waals surface area contributed by atoms with Crippen molar-refractivity contribution >= 4 is 17.3 Å². The molecule has 2 aromatic rings. The Hall–Kier alpha value is -1.81. The Morgan fingerprint density at radius 2 is 1.94 bits per heavy atom. The van der Waals surface area contributed by atoms with Crippen molar-refractivity contribution in [2.24, 2.45) is 0 Å². The van der Waals surface area contributed by atoms with Gasteiger partial charge in [-0.2, -0.15) is 0 Å². The summed E-state index contributed by atoms with van der Waals surface area (Å²) in [5.74, 6) is 2.07. The number of hydrogen-bond donors (Lipinski definition) is 1. The summed E-state index contributed by atoms with van der Waals surface area (Å²) < 4.78 is 15.6. The van der Waals surface area contributed by atoms with Crippen molar-refractivity contribution in [3.8, 4) is 11.5 Å². The summed E-state index contributed by atoms with van der Waals surface area (Å²) in [4.78, 5) is 0. The van der Waals surface area contributed by atoms with Gasteiger partial charge < -0.3 is 19.2 Å². The lowest BCUT2D eigenvalue weighted by Crippen LogP contribution is -2.00. The van der Waals surface area contributed by atoms with Crippen LogP contribution >= 0.6 is 11.6 Å². The maximum atomic E-state index is 6.15. The summed E-state index contributed by atoms with van der Waals surface area (Å²) in [6.45, 7) is 0.558. The van der Waals surface area contributed by atoms with E-state index in [1.54, 1.807) is 32.6 Å². The first-order valence-corrected chi connectivity index (χ1v) is 5.80. The van der Waals surface area contributed by atoms with Crippen molar-refractivity contribution in [2.45, 2.75) is 6.54 Å². The fourth-order valence-electron chi connectivity index (χ4n) is 1.59. The van der Waals surface area contributed by atoms with E-state index in [1.165, 1.54) is 0 Å². The molecule has 0 radical (unpaired) electrons. The third-order valence-corrected chi connectivity index (χ3v) is 2.82. The highest BCUT2D eigenvalue weighted by Crippen LogP contribution is 2.36. The van der Waals surface area contributed by atoms with Crippen molar-refractivity contribution < 1.29 is 13.9 Å². The third-order valence-electron chi connectivity index (χ3n) is 2.51. The molecule has 1 aromatic heterocycles. The number of benzene rings is 1. The molecule has 5 heteroatoms. The molecule has 0 spiro atoms. The van der Waals surface area contributed by atoms with Crippen molar-refractivity contribution in [1.29, 1.82) is 0 Å². The van der Waals surface area contributed by atoms with Crippen molar-refractivity contribution in [3.63, 3.8) is 0 Å². The van der Waals surface area contributed by atoms with Crippen LogP contribution in [0.5, 0.6) is 11.5 Å². The molecular weight excluding hydrogens is 254 g/mol. The van der Waals surface area contributed by atoms with E-state index in [4.69, 9.17) is 25.5 Å². The summed E-state index contributed by atoms with van der Waals surface area (Å²) in [5, 5.41) is 3.75. The van der Waals surface area contributed by atoms with E-state index in [2.05, 4.69) is 5.32 Å². The number of hydrogen-bond acceptors (Lipinski definition) is 4. The van der Waals surface area contributed by atoms with E-state index in [0.29, 0.717) is 23.1 Å². The number of halogens is 1. The van der Waals surface area contributed by atoms with E-state index in [1.807, 2.05) is 12.1 Å². The van der Waals surface area contributed by atoms with Crippen LogP contribution in [-0.2, 0) is 6.54 Å². The fraction of sp³-hybridized carbons (Fsp3) is 0.231. The number of furan rings is 1. The molecule has 4 nitrogen and oxygen atoms in total. The van der Waals surface area contributed by atoms with Crippen LogP contribution < -0.4 is 14.8 Å². The van der Waals surface area contributed by atoms with E-state index >= 15 is 0 Å². The van der Waals surface area contributed by atoms with Crippen LogP contribution in [0.15, 0.2) is 34.9 Å². The minimum absolute atomic E-state index is 0.558. The van der Waals surface area contributed by atoms with Gasteiger partial charge in [0.2, 0.25) is 0 Å². The quantitative estimate of drug-likeness (QED) is 0.900. The largest absolute Gasteiger partial charge is 0.493 e. The molecular formula is C13H14ClNO3. The maximum absolute atomic E-state index is 6.15. The molecule has 1 heterocycles. The van der Waals surface area contributed by atoms with Crippen LogP contribution in [-0.4, -0.2) is 14.2 Å². The average Bonchev–Trinajstić information content (AvgIpc) is 2.90.